The lowest BCUT2D eigenvalue weighted by Crippen LogP contribution is -2.20. The number of nitrogens with one attached hydrogen (secondary N) is 1. The maximum Gasteiger partial charge on any atom is 0.183 e. The Balaban J connectivity index is 2.03. The Kier molecular flexibility index (Phi) is 5.26. The highest BCUT2D eigenvalue weighted by molar-refractivity contribution is 6.65. The van der Waals surface area contributed by atoms with Crippen LogP contribution in [0.2, 0.25) is 0 Å². The van der Waals surface area contributed by atoms with Gasteiger partial charge in [-0.25, -0.2) is 0 Å². The Morgan fingerprint density at radius 1 is 1.00 bits per heavy atom. The van der Waals surface area contributed by atoms with E-state index in [9.17, 15) is 9.59 Å². The molecule has 4 heteroatoms. The molecule has 1 aromatic carbocycles. The molecule has 1 aromatic rings. The first-order valence-electron chi connectivity index (χ1n) is 7.53. The molecule has 0 heterocycles. The summed E-state index contributed by atoms with van der Waals surface area (Å²) in [6, 6.07) is 8.11. The summed E-state index contributed by atoms with van der Waals surface area (Å²) in [6.07, 6.45) is 6.52. The van der Waals surface area contributed by atoms with Crippen molar-refractivity contribution in [2.75, 3.05) is 5.43 Å². The number of ketones is 2. The Morgan fingerprint density at radius 2 is 1.57 bits per heavy atom. The quantitative estimate of drug-likeness (QED) is 0.510. The first kappa shape index (κ1) is 15.4. The highest BCUT2D eigenvalue weighted by atomic mass is 16.1. The summed E-state index contributed by atoms with van der Waals surface area (Å²) < 4.78 is 0. The standard InChI is InChI=1S/C17H22N2O2/c1-12(20)17(13(2)21)19-18-16-10-8-15(9-11-16)14-6-4-3-5-7-14/h8-11,14,18H,3-7H2,1-2H3. The summed E-state index contributed by atoms with van der Waals surface area (Å²) in [7, 11) is 0. The van der Waals surface area contributed by atoms with Gasteiger partial charge in [0.25, 0.3) is 0 Å². The van der Waals surface area contributed by atoms with Crippen molar-refractivity contribution in [2.24, 2.45) is 5.10 Å². The third-order valence-electron chi connectivity index (χ3n) is 3.95. The van der Waals surface area contributed by atoms with E-state index >= 15 is 0 Å². The van der Waals surface area contributed by atoms with Crippen LogP contribution in [-0.4, -0.2) is 17.3 Å². The fourth-order valence-corrected chi connectivity index (χ4v) is 2.79. The zero-order chi connectivity index (χ0) is 15.2. The van der Waals surface area contributed by atoms with Crippen molar-refractivity contribution in [1.82, 2.24) is 0 Å². The lowest BCUT2D eigenvalue weighted by molar-refractivity contribution is -0.114. The first-order chi connectivity index (χ1) is 10.1. The fraction of sp³-hybridized carbons (Fsp3) is 0.471. The van der Waals surface area contributed by atoms with E-state index in [1.54, 1.807) is 0 Å². The summed E-state index contributed by atoms with van der Waals surface area (Å²) in [4.78, 5) is 22.6. The normalized spacial score (nSPS) is 15.3. The Hall–Kier alpha value is -1.97. The van der Waals surface area contributed by atoms with Gasteiger partial charge in [-0.05, 0) is 36.5 Å². The van der Waals surface area contributed by atoms with E-state index in [0.717, 1.165) is 5.69 Å². The maximum absolute atomic E-state index is 11.3. The minimum Gasteiger partial charge on any atom is -0.293 e. The second-order valence-corrected chi connectivity index (χ2v) is 5.64. The molecule has 1 N–H and O–H groups in total. The van der Waals surface area contributed by atoms with Crippen molar-refractivity contribution in [2.45, 2.75) is 51.9 Å². The van der Waals surface area contributed by atoms with E-state index in [4.69, 9.17) is 0 Å². The van der Waals surface area contributed by atoms with Crippen LogP contribution in [0.3, 0.4) is 0 Å². The van der Waals surface area contributed by atoms with Gasteiger partial charge in [0.15, 0.2) is 17.3 Å². The van der Waals surface area contributed by atoms with Crippen LogP contribution in [0.1, 0.15) is 57.4 Å². The number of carbonyl (C=O) groups is 2. The molecule has 112 valence electrons. The molecule has 4 nitrogen and oxygen atoms in total. The molecule has 21 heavy (non-hydrogen) atoms. The van der Waals surface area contributed by atoms with Crippen molar-refractivity contribution in [3.05, 3.63) is 29.8 Å². The summed E-state index contributed by atoms with van der Waals surface area (Å²) in [6.45, 7) is 2.68. The fourth-order valence-electron chi connectivity index (χ4n) is 2.79. The number of hydrogen-bond acceptors (Lipinski definition) is 4. The maximum atomic E-state index is 11.3. The molecule has 0 amide bonds. The van der Waals surface area contributed by atoms with Crippen LogP contribution in [0.4, 0.5) is 5.69 Å². The van der Waals surface area contributed by atoms with Gasteiger partial charge >= 0.3 is 0 Å². The predicted molar refractivity (Wildman–Crippen MR) is 84.7 cm³/mol. The highest BCUT2D eigenvalue weighted by Gasteiger charge is 2.15. The number of anilines is 1. The second-order valence-electron chi connectivity index (χ2n) is 5.64. The van der Waals surface area contributed by atoms with Crippen molar-refractivity contribution >= 4 is 23.0 Å². The number of carbonyl (C=O) groups excluding carboxylic acids is 2. The van der Waals surface area contributed by atoms with Gasteiger partial charge in [-0.3, -0.25) is 15.0 Å². The molecular formula is C17H22N2O2. The number of rotatable bonds is 5. The van der Waals surface area contributed by atoms with Crippen molar-refractivity contribution < 1.29 is 9.59 Å². The summed E-state index contributed by atoms with van der Waals surface area (Å²) >= 11 is 0. The molecule has 0 atom stereocenters. The Labute approximate surface area is 125 Å². The van der Waals surface area contributed by atoms with Gasteiger partial charge in [0, 0.05) is 13.8 Å². The third kappa shape index (κ3) is 4.25. The zero-order valence-corrected chi connectivity index (χ0v) is 12.7. The van der Waals surface area contributed by atoms with E-state index in [1.165, 1.54) is 51.5 Å². The van der Waals surface area contributed by atoms with E-state index in [0.29, 0.717) is 5.92 Å². The molecule has 0 bridgehead atoms. The van der Waals surface area contributed by atoms with E-state index in [-0.39, 0.29) is 17.3 Å². The number of hydrazone groups is 1. The van der Waals surface area contributed by atoms with Crippen LogP contribution in [-0.2, 0) is 9.59 Å². The van der Waals surface area contributed by atoms with Crippen LogP contribution in [0.5, 0.6) is 0 Å². The van der Waals surface area contributed by atoms with Crippen molar-refractivity contribution in [3.63, 3.8) is 0 Å². The molecule has 0 radical (unpaired) electrons. The second kappa shape index (κ2) is 7.16. The van der Waals surface area contributed by atoms with Gasteiger partial charge in [-0.2, -0.15) is 5.10 Å². The molecular weight excluding hydrogens is 264 g/mol. The minimum absolute atomic E-state index is 0.0497. The zero-order valence-electron chi connectivity index (χ0n) is 12.7. The first-order valence-corrected chi connectivity index (χ1v) is 7.53. The summed E-state index contributed by atoms with van der Waals surface area (Å²) in [5, 5.41) is 3.90. The van der Waals surface area contributed by atoms with Gasteiger partial charge in [0.05, 0.1) is 5.69 Å². The molecule has 1 aliphatic carbocycles. The Bertz CT molecular complexity index is 524. The minimum atomic E-state index is -0.325. The molecule has 0 unspecified atom stereocenters. The van der Waals surface area contributed by atoms with Crippen LogP contribution < -0.4 is 5.43 Å². The smallest absolute Gasteiger partial charge is 0.183 e. The number of Topliss-reactive ketones (excluding diaryl/α,β-unsaturated/α-hetero) is 2. The molecule has 0 spiro atoms. The summed E-state index contributed by atoms with van der Waals surface area (Å²) in [5.41, 5.74) is 4.88. The molecule has 1 fully saturated rings. The molecule has 0 saturated heterocycles. The lowest BCUT2D eigenvalue weighted by atomic mass is 9.84. The van der Waals surface area contributed by atoms with Crippen LogP contribution in [0, 0.1) is 0 Å². The number of nitrogens with zero attached hydrogens (tertiary/aromatic N) is 1. The average molecular weight is 286 g/mol. The number of hydrogen-bond donors (Lipinski definition) is 1. The highest BCUT2D eigenvalue weighted by Crippen LogP contribution is 2.32. The van der Waals surface area contributed by atoms with E-state index in [1.807, 2.05) is 12.1 Å². The van der Waals surface area contributed by atoms with Crippen LogP contribution in [0.25, 0.3) is 0 Å². The largest absolute Gasteiger partial charge is 0.293 e. The number of benzene rings is 1. The van der Waals surface area contributed by atoms with Gasteiger partial charge in [-0.1, -0.05) is 31.4 Å². The molecule has 1 saturated carbocycles. The van der Waals surface area contributed by atoms with Gasteiger partial charge in [0.1, 0.15) is 0 Å². The van der Waals surface area contributed by atoms with Crippen LogP contribution >= 0.6 is 0 Å². The molecule has 0 aromatic heterocycles. The van der Waals surface area contributed by atoms with E-state index in [2.05, 4.69) is 22.7 Å². The topological polar surface area (TPSA) is 58.5 Å². The summed E-state index contributed by atoms with van der Waals surface area (Å²) in [5.74, 6) is 0.0175. The Morgan fingerprint density at radius 3 is 2.10 bits per heavy atom. The van der Waals surface area contributed by atoms with E-state index < -0.39 is 0 Å². The van der Waals surface area contributed by atoms with Gasteiger partial charge in [0.2, 0.25) is 0 Å². The average Bonchev–Trinajstić information content (AvgIpc) is 2.48. The van der Waals surface area contributed by atoms with Crippen LogP contribution in [0.15, 0.2) is 29.4 Å². The SMILES string of the molecule is CC(=O)C(=NNc1ccc(C2CCCCC2)cc1)C(C)=O. The predicted octanol–water partition coefficient (Wildman–Crippen LogP) is 3.68. The van der Waals surface area contributed by atoms with Gasteiger partial charge < -0.3 is 0 Å². The molecule has 2 rings (SSSR count). The monoisotopic (exact) mass is 286 g/mol. The van der Waals surface area contributed by atoms with Gasteiger partial charge in [-0.15, -0.1) is 0 Å². The van der Waals surface area contributed by atoms with Crippen molar-refractivity contribution in [1.29, 1.82) is 0 Å². The molecule has 1 aliphatic rings. The van der Waals surface area contributed by atoms with Crippen molar-refractivity contribution in [3.8, 4) is 0 Å². The third-order valence-corrected chi connectivity index (χ3v) is 3.95. The lowest BCUT2D eigenvalue weighted by Gasteiger charge is -2.22. The molecule has 0 aliphatic heterocycles.